The molecule has 1 aromatic rings. The van der Waals surface area contributed by atoms with Gasteiger partial charge in [-0.1, -0.05) is 34.1 Å². The molecule has 0 amide bonds. The Balaban J connectivity index is 2.74. The molecule has 3 N–H and O–H groups in total. The smallest absolute Gasteiger partial charge is 0.188 e. The molecule has 0 bridgehead atoms. The monoisotopic (exact) mass is 241 g/mol. The molecule has 13 heavy (non-hydrogen) atoms. The molecular weight excluding hydrogens is 230 g/mol. The predicted molar refractivity (Wildman–Crippen MR) is 57.5 cm³/mol. The van der Waals surface area contributed by atoms with Gasteiger partial charge in [0.05, 0.1) is 0 Å². The summed E-state index contributed by atoms with van der Waals surface area (Å²) in [6.07, 6.45) is 0. The number of rotatable bonds is 2. The van der Waals surface area contributed by atoms with Crippen LogP contribution in [0.1, 0.15) is 5.56 Å². The number of hydrogen-bond donors (Lipinski definition) is 2. The highest BCUT2D eigenvalue weighted by Gasteiger charge is 2.03. The Morgan fingerprint density at radius 1 is 1.54 bits per heavy atom. The lowest BCUT2D eigenvalue weighted by molar-refractivity contribution is 0.490. The van der Waals surface area contributed by atoms with E-state index in [0.717, 1.165) is 10.0 Å². The van der Waals surface area contributed by atoms with Gasteiger partial charge < -0.3 is 10.6 Å². The Bertz CT molecular complexity index is 311. The molecule has 0 aliphatic rings. The van der Waals surface area contributed by atoms with Crippen LogP contribution in [0.4, 0.5) is 0 Å². The minimum absolute atomic E-state index is 0.0794. The Kier molecular flexibility index (Phi) is 3.31. The van der Waals surface area contributed by atoms with Crippen LogP contribution in [0.3, 0.4) is 0 Å². The molecular formula is C9H12BrN3. The summed E-state index contributed by atoms with van der Waals surface area (Å²) in [5.74, 6) is 0.0794. The first-order valence-corrected chi connectivity index (χ1v) is 4.69. The number of guanidine groups is 1. The maximum absolute atomic E-state index is 7.21. The van der Waals surface area contributed by atoms with Crippen LogP contribution in [0, 0.1) is 5.41 Å². The van der Waals surface area contributed by atoms with E-state index in [0.29, 0.717) is 6.54 Å². The fraction of sp³-hybridized carbons (Fsp3) is 0.222. The Hall–Kier alpha value is -1.03. The van der Waals surface area contributed by atoms with Crippen LogP contribution in [0.2, 0.25) is 0 Å². The molecule has 0 saturated carbocycles. The van der Waals surface area contributed by atoms with Crippen molar-refractivity contribution in [3.63, 3.8) is 0 Å². The van der Waals surface area contributed by atoms with E-state index in [4.69, 9.17) is 11.1 Å². The third-order valence-corrected chi connectivity index (χ3v) is 2.55. The van der Waals surface area contributed by atoms with Crippen LogP contribution in [-0.4, -0.2) is 17.9 Å². The zero-order valence-corrected chi connectivity index (χ0v) is 9.01. The number of halogens is 1. The highest BCUT2D eigenvalue weighted by molar-refractivity contribution is 9.10. The van der Waals surface area contributed by atoms with Crippen molar-refractivity contribution in [3.05, 3.63) is 34.3 Å². The van der Waals surface area contributed by atoms with Gasteiger partial charge in [-0.15, -0.1) is 0 Å². The largest absolute Gasteiger partial charge is 0.370 e. The van der Waals surface area contributed by atoms with Gasteiger partial charge >= 0.3 is 0 Å². The van der Waals surface area contributed by atoms with Gasteiger partial charge in [0.25, 0.3) is 0 Å². The van der Waals surface area contributed by atoms with Crippen LogP contribution >= 0.6 is 15.9 Å². The number of nitrogens with one attached hydrogen (secondary N) is 1. The molecule has 0 saturated heterocycles. The summed E-state index contributed by atoms with van der Waals surface area (Å²) in [7, 11) is 1.79. The molecule has 0 radical (unpaired) electrons. The van der Waals surface area contributed by atoms with E-state index >= 15 is 0 Å². The standard InChI is InChI=1S/C9H12BrN3/c1-13(9(11)12)6-7-4-2-3-5-8(7)10/h2-5H,6H2,1H3,(H3,11,12). The predicted octanol–water partition coefficient (Wildman–Crippen LogP) is 1.77. The molecule has 1 rings (SSSR count). The SMILES string of the molecule is CN(Cc1ccccc1Br)C(=N)N. The summed E-state index contributed by atoms with van der Waals surface area (Å²) in [6, 6.07) is 7.91. The lowest BCUT2D eigenvalue weighted by Gasteiger charge is -2.17. The fourth-order valence-electron chi connectivity index (χ4n) is 0.967. The minimum Gasteiger partial charge on any atom is -0.370 e. The number of nitrogens with zero attached hydrogens (tertiary/aromatic N) is 1. The molecule has 0 aromatic heterocycles. The molecule has 1 aromatic carbocycles. The van der Waals surface area contributed by atoms with E-state index in [1.807, 2.05) is 24.3 Å². The van der Waals surface area contributed by atoms with E-state index < -0.39 is 0 Å². The zero-order chi connectivity index (χ0) is 9.84. The summed E-state index contributed by atoms with van der Waals surface area (Å²) in [5, 5.41) is 7.21. The third-order valence-electron chi connectivity index (χ3n) is 1.78. The maximum Gasteiger partial charge on any atom is 0.188 e. The molecule has 3 nitrogen and oxygen atoms in total. The van der Waals surface area contributed by atoms with Gasteiger partial charge in [0.15, 0.2) is 5.96 Å². The lowest BCUT2D eigenvalue weighted by Crippen LogP contribution is -2.32. The Morgan fingerprint density at radius 3 is 2.69 bits per heavy atom. The van der Waals surface area contributed by atoms with Crippen molar-refractivity contribution in [1.29, 1.82) is 5.41 Å². The third kappa shape index (κ3) is 2.73. The summed E-state index contributed by atoms with van der Waals surface area (Å²) in [5.41, 5.74) is 6.45. The van der Waals surface area contributed by atoms with Crippen molar-refractivity contribution in [1.82, 2.24) is 4.90 Å². The van der Waals surface area contributed by atoms with Crippen molar-refractivity contribution in [2.24, 2.45) is 5.73 Å². The molecule has 0 aliphatic heterocycles. The average molecular weight is 242 g/mol. The normalized spacial score (nSPS) is 9.69. The van der Waals surface area contributed by atoms with Gasteiger partial charge in [-0.3, -0.25) is 5.41 Å². The lowest BCUT2D eigenvalue weighted by atomic mass is 10.2. The Morgan fingerprint density at radius 2 is 2.15 bits per heavy atom. The summed E-state index contributed by atoms with van der Waals surface area (Å²) in [6.45, 7) is 0.650. The highest BCUT2D eigenvalue weighted by atomic mass is 79.9. The van der Waals surface area contributed by atoms with Crippen molar-refractivity contribution in [2.45, 2.75) is 6.54 Å². The fourth-order valence-corrected chi connectivity index (χ4v) is 1.38. The number of benzene rings is 1. The molecule has 0 aliphatic carbocycles. The molecule has 0 atom stereocenters. The average Bonchev–Trinajstić information content (AvgIpc) is 2.08. The summed E-state index contributed by atoms with van der Waals surface area (Å²) in [4.78, 5) is 1.68. The van der Waals surface area contributed by atoms with Gasteiger partial charge in [-0.2, -0.15) is 0 Å². The summed E-state index contributed by atoms with van der Waals surface area (Å²) >= 11 is 3.44. The van der Waals surface area contributed by atoms with Crippen LogP contribution in [0.5, 0.6) is 0 Å². The van der Waals surface area contributed by atoms with Gasteiger partial charge in [0, 0.05) is 18.1 Å². The molecule has 0 fully saturated rings. The second kappa shape index (κ2) is 4.28. The first-order valence-electron chi connectivity index (χ1n) is 3.90. The van der Waals surface area contributed by atoms with Gasteiger partial charge in [-0.25, -0.2) is 0 Å². The van der Waals surface area contributed by atoms with Gasteiger partial charge in [0.1, 0.15) is 0 Å². The van der Waals surface area contributed by atoms with Crippen molar-refractivity contribution >= 4 is 21.9 Å². The second-order valence-electron chi connectivity index (χ2n) is 2.83. The van der Waals surface area contributed by atoms with E-state index in [2.05, 4.69) is 15.9 Å². The molecule has 0 unspecified atom stereocenters. The molecule has 0 heterocycles. The first-order chi connectivity index (χ1) is 6.11. The highest BCUT2D eigenvalue weighted by Crippen LogP contribution is 2.16. The first kappa shape index (κ1) is 10.1. The second-order valence-corrected chi connectivity index (χ2v) is 3.69. The van der Waals surface area contributed by atoms with E-state index in [-0.39, 0.29) is 5.96 Å². The van der Waals surface area contributed by atoms with E-state index in [1.165, 1.54) is 0 Å². The quantitative estimate of drug-likeness (QED) is 0.613. The van der Waals surface area contributed by atoms with Gasteiger partial charge in [-0.05, 0) is 11.6 Å². The molecule has 70 valence electrons. The van der Waals surface area contributed by atoms with E-state index in [1.54, 1.807) is 11.9 Å². The minimum atomic E-state index is 0.0794. The van der Waals surface area contributed by atoms with Crippen LogP contribution in [0.25, 0.3) is 0 Å². The van der Waals surface area contributed by atoms with Crippen LogP contribution in [-0.2, 0) is 6.54 Å². The van der Waals surface area contributed by atoms with Crippen molar-refractivity contribution < 1.29 is 0 Å². The molecule has 0 spiro atoms. The van der Waals surface area contributed by atoms with Crippen molar-refractivity contribution in [2.75, 3.05) is 7.05 Å². The Labute approximate surface area is 86.2 Å². The van der Waals surface area contributed by atoms with E-state index in [9.17, 15) is 0 Å². The number of nitrogens with two attached hydrogens (primary N) is 1. The van der Waals surface area contributed by atoms with Crippen molar-refractivity contribution in [3.8, 4) is 0 Å². The summed E-state index contributed by atoms with van der Waals surface area (Å²) < 4.78 is 1.04. The maximum atomic E-state index is 7.21. The van der Waals surface area contributed by atoms with Gasteiger partial charge in [0.2, 0.25) is 0 Å². The zero-order valence-electron chi connectivity index (χ0n) is 7.42. The topological polar surface area (TPSA) is 53.1 Å². The number of hydrogen-bond acceptors (Lipinski definition) is 1. The van der Waals surface area contributed by atoms with Crippen LogP contribution < -0.4 is 5.73 Å². The van der Waals surface area contributed by atoms with Crippen LogP contribution in [0.15, 0.2) is 28.7 Å². The molecule has 4 heteroatoms.